The molecule has 1 atom stereocenters. The Labute approximate surface area is 121 Å². The number of para-hydroxylation sites is 1. The molecule has 0 bridgehead atoms. The highest BCUT2D eigenvalue weighted by atomic mass is 32.2. The van der Waals surface area contributed by atoms with Gasteiger partial charge in [0.2, 0.25) is 0 Å². The number of aromatic nitrogens is 2. The second kappa shape index (κ2) is 7.47. The largest absolute Gasteiger partial charge is 0.494 e. The van der Waals surface area contributed by atoms with E-state index in [9.17, 15) is 0 Å². The molecule has 0 saturated heterocycles. The van der Waals surface area contributed by atoms with E-state index in [4.69, 9.17) is 4.74 Å². The zero-order valence-electron chi connectivity index (χ0n) is 11.0. The summed E-state index contributed by atoms with van der Waals surface area (Å²) in [7, 11) is 1.97. The number of hydrogen-bond donors (Lipinski definition) is 1. The SMILES string of the molecule is CCOc1ccccc1C(CSc1nncs1)NC. The van der Waals surface area contributed by atoms with Gasteiger partial charge in [0.15, 0.2) is 4.34 Å². The third kappa shape index (κ3) is 3.92. The average Bonchev–Trinajstić information content (AvgIpc) is 2.95. The van der Waals surface area contributed by atoms with Crippen molar-refractivity contribution in [2.75, 3.05) is 19.4 Å². The molecule has 102 valence electrons. The van der Waals surface area contributed by atoms with E-state index in [-0.39, 0.29) is 6.04 Å². The van der Waals surface area contributed by atoms with Crippen LogP contribution in [0.2, 0.25) is 0 Å². The van der Waals surface area contributed by atoms with Crippen molar-refractivity contribution in [3.8, 4) is 5.75 Å². The van der Waals surface area contributed by atoms with Crippen LogP contribution in [-0.2, 0) is 0 Å². The number of nitrogens with zero attached hydrogens (tertiary/aromatic N) is 2. The molecule has 1 N–H and O–H groups in total. The van der Waals surface area contributed by atoms with Crippen LogP contribution in [0.15, 0.2) is 34.1 Å². The van der Waals surface area contributed by atoms with Gasteiger partial charge in [-0.15, -0.1) is 10.2 Å². The van der Waals surface area contributed by atoms with Gasteiger partial charge in [-0.1, -0.05) is 41.3 Å². The third-order valence-corrected chi connectivity index (χ3v) is 4.61. The molecule has 4 nitrogen and oxygen atoms in total. The van der Waals surface area contributed by atoms with E-state index in [1.54, 1.807) is 28.6 Å². The highest BCUT2D eigenvalue weighted by molar-refractivity contribution is 8.01. The summed E-state index contributed by atoms with van der Waals surface area (Å²) in [4.78, 5) is 0. The minimum absolute atomic E-state index is 0.233. The smallest absolute Gasteiger partial charge is 0.174 e. The van der Waals surface area contributed by atoms with Gasteiger partial charge in [-0.2, -0.15) is 0 Å². The molecule has 2 aromatic rings. The van der Waals surface area contributed by atoms with Crippen LogP contribution >= 0.6 is 23.1 Å². The van der Waals surface area contributed by atoms with Crippen molar-refractivity contribution in [3.63, 3.8) is 0 Å². The van der Waals surface area contributed by atoms with Crippen LogP contribution < -0.4 is 10.1 Å². The van der Waals surface area contributed by atoms with E-state index in [1.165, 1.54) is 5.56 Å². The highest BCUT2D eigenvalue weighted by Crippen LogP contribution is 2.30. The molecule has 1 unspecified atom stereocenters. The maximum Gasteiger partial charge on any atom is 0.174 e. The Kier molecular flexibility index (Phi) is 5.62. The molecule has 1 aromatic heterocycles. The van der Waals surface area contributed by atoms with E-state index in [1.807, 2.05) is 32.2 Å². The summed E-state index contributed by atoms with van der Waals surface area (Å²) in [6, 6.07) is 8.39. The van der Waals surface area contributed by atoms with Crippen molar-refractivity contribution in [2.45, 2.75) is 17.3 Å². The molecule has 0 aliphatic heterocycles. The summed E-state index contributed by atoms with van der Waals surface area (Å²) in [5, 5.41) is 11.2. The zero-order valence-corrected chi connectivity index (χ0v) is 12.6. The Morgan fingerprint density at radius 3 is 2.95 bits per heavy atom. The predicted molar refractivity (Wildman–Crippen MR) is 80.0 cm³/mol. The van der Waals surface area contributed by atoms with Crippen molar-refractivity contribution >= 4 is 23.1 Å². The Bertz CT molecular complexity index is 490. The van der Waals surface area contributed by atoms with Crippen molar-refractivity contribution in [2.24, 2.45) is 0 Å². The van der Waals surface area contributed by atoms with Gasteiger partial charge in [0.1, 0.15) is 11.3 Å². The number of benzene rings is 1. The fraction of sp³-hybridized carbons (Fsp3) is 0.385. The Morgan fingerprint density at radius 1 is 1.42 bits per heavy atom. The van der Waals surface area contributed by atoms with Gasteiger partial charge < -0.3 is 10.1 Å². The highest BCUT2D eigenvalue weighted by Gasteiger charge is 2.15. The summed E-state index contributed by atoms with van der Waals surface area (Å²) in [5.74, 6) is 1.85. The first kappa shape index (κ1) is 14.3. The lowest BCUT2D eigenvalue weighted by Gasteiger charge is -2.19. The summed E-state index contributed by atoms with van der Waals surface area (Å²) >= 11 is 3.28. The Balaban J connectivity index is 2.08. The first-order valence-electron chi connectivity index (χ1n) is 6.13. The lowest BCUT2D eigenvalue weighted by atomic mass is 10.1. The molecule has 0 fully saturated rings. The van der Waals surface area contributed by atoms with E-state index in [0.29, 0.717) is 6.61 Å². The number of ether oxygens (including phenoxy) is 1. The third-order valence-electron chi connectivity index (χ3n) is 2.66. The lowest BCUT2D eigenvalue weighted by molar-refractivity contribution is 0.333. The van der Waals surface area contributed by atoms with Gasteiger partial charge in [0, 0.05) is 17.4 Å². The quantitative estimate of drug-likeness (QED) is 0.796. The van der Waals surface area contributed by atoms with Crippen molar-refractivity contribution < 1.29 is 4.74 Å². The van der Waals surface area contributed by atoms with Crippen LogP contribution in [0, 0.1) is 0 Å². The molecule has 2 rings (SSSR count). The molecule has 0 amide bonds. The summed E-state index contributed by atoms with van der Waals surface area (Å²) in [6.07, 6.45) is 0. The van der Waals surface area contributed by atoms with Gasteiger partial charge in [0.25, 0.3) is 0 Å². The minimum atomic E-state index is 0.233. The van der Waals surface area contributed by atoms with E-state index in [2.05, 4.69) is 21.6 Å². The first-order chi connectivity index (χ1) is 9.35. The van der Waals surface area contributed by atoms with E-state index < -0.39 is 0 Å². The Hall–Kier alpha value is -1.11. The minimum Gasteiger partial charge on any atom is -0.494 e. The first-order valence-corrected chi connectivity index (χ1v) is 7.99. The monoisotopic (exact) mass is 295 g/mol. The molecule has 0 aliphatic rings. The maximum absolute atomic E-state index is 5.68. The normalized spacial score (nSPS) is 12.3. The van der Waals surface area contributed by atoms with Crippen molar-refractivity contribution in [1.82, 2.24) is 15.5 Å². The average molecular weight is 295 g/mol. The number of nitrogens with one attached hydrogen (secondary N) is 1. The maximum atomic E-state index is 5.68. The van der Waals surface area contributed by atoms with Gasteiger partial charge in [-0.25, -0.2) is 0 Å². The molecule has 0 spiro atoms. The molecular weight excluding hydrogens is 278 g/mol. The van der Waals surface area contributed by atoms with Crippen LogP contribution in [0.1, 0.15) is 18.5 Å². The van der Waals surface area contributed by atoms with E-state index in [0.717, 1.165) is 15.8 Å². The lowest BCUT2D eigenvalue weighted by Crippen LogP contribution is -2.19. The molecule has 1 aromatic carbocycles. The number of thioether (sulfide) groups is 1. The predicted octanol–water partition coefficient (Wildman–Crippen LogP) is 2.99. The molecule has 0 radical (unpaired) electrons. The summed E-state index contributed by atoms with van der Waals surface area (Å²) in [6.45, 7) is 2.68. The summed E-state index contributed by atoms with van der Waals surface area (Å²) in [5.41, 5.74) is 2.94. The van der Waals surface area contributed by atoms with Crippen molar-refractivity contribution in [3.05, 3.63) is 35.3 Å². The molecule has 0 aliphatic carbocycles. The van der Waals surface area contributed by atoms with Crippen LogP contribution in [0.4, 0.5) is 0 Å². The molecule has 6 heteroatoms. The number of rotatable bonds is 7. The van der Waals surface area contributed by atoms with Gasteiger partial charge in [-0.3, -0.25) is 0 Å². The van der Waals surface area contributed by atoms with E-state index >= 15 is 0 Å². The fourth-order valence-electron chi connectivity index (χ4n) is 1.76. The second-order valence-corrected chi connectivity index (χ2v) is 5.93. The molecule has 1 heterocycles. The molecular formula is C13H17N3OS2. The molecule has 19 heavy (non-hydrogen) atoms. The second-order valence-electron chi connectivity index (χ2n) is 3.83. The van der Waals surface area contributed by atoms with Crippen LogP contribution in [0.5, 0.6) is 5.75 Å². The topological polar surface area (TPSA) is 47.0 Å². The van der Waals surface area contributed by atoms with Crippen LogP contribution in [0.3, 0.4) is 0 Å². The van der Waals surface area contributed by atoms with Crippen LogP contribution in [-0.4, -0.2) is 29.6 Å². The zero-order chi connectivity index (χ0) is 13.5. The van der Waals surface area contributed by atoms with Gasteiger partial charge in [0.05, 0.1) is 6.61 Å². The summed E-state index contributed by atoms with van der Waals surface area (Å²) < 4.78 is 6.68. The standard InChI is InChI=1S/C13H17N3OS2/c1-3-17-12-7-5-4-6-10(12)11(14-2)8-18-13-16-15-9-19-13/h4-7,9,11,14H,3,8H2,1-2H3. The fourth-order valence-corrected chi connectivity index (χ4v) is 3.41. The number of hydrogen-bond acceptors (Lipinski definition) is 6. The van der Waals surface area contributed by atoms with Crippen molar-refractivity contribution in [1.29, 1.82) is 0 Å². The Morgan fingerprint density at radius 2 is 2.26 bits per heavy atom. The van der Waals surface area contributed by atoms with Gasteiger partial charge >= 0.3 is 0 Å². The van der Waals surface area contributed by atoms with Crippen LogP contribution in [0.25, 0.3) is 0 Å². The molecule has 0 saturated carbocycles. The van der Waals surface area contributed by atoms with Gasteiger partial charge in [-0.05, 0) is 20.0 Å².